The number of Topliss-reactive ketones (excluding diaryl/α,β-unsaturated/α-hetero) is 1. The van der Waals surface area contributed by atoms with E-state index >= 15 is 0 Å². The lowest BCUT2D eigenvalue weighted by molar-refractivity contribution is -0.349. The monoisotopic (exact) mass is 290 g/mol. The SMILES string of the molecule is CC1(C)O[C@@H](C=O)[C@H]2CC(=O)c3c(O)cccc3[C@]2(C)O1. The van der Waals surface area contributed by atoms with Crippen molar-refractivity contribution in [3.8, 4) is 5.75 Å². The summed E-state index contributed by atoms with van der Waals surface area (Å²) in [6, 6.07) is 4.93. The van der Waals surface area contributed by atoms with Gasteiger partial charge in [-0.1, -0.05) is 12.1 Å². The van der Waals surface area contributed by atoms with E-state index in [0.29, 0.717) is 11.1 Å². The molecule has 5 nitrogen and oxygen atoms in total. The van der Waals surface area contributed by atoms with Crippen molar-refractivity contribution >= 4 is 12.1 Å². The van der Waals surface area contributed by atoms with Crippen LogP contribution >= 0.6 is 0 Å². The molecular weight excluding hydrogens is 272 g/mol. The first-order valence-electron chi connectivity index (χ1n) is 6.97. The lowest BCUT2D eigenvalue weighted by atomic mass is 9.68. The van der Waals surface area contributed by atoms with Crippen LogP contribution in [0.2, 0.25) is 0 Å². The molecule has 112 valence electrons. The summed E-state index contributed by atoms with van der Waals surface area (Å²) in [4.78, 5) is 23.7. The third kappa shape index (κ3) is 2.00. The molecule has 3 atom stereocenters. The van der Waals surface area contributed by atoms with Gasteiger partial charge in [-0.15, -0.1) is 0 Å². The molecule has 1 heterocycles. The minimum absolute atomic E-state index is 0.0484. The number of fused-ring (bicyclic) bond motifs is 3. The summed E-state index contributed by atoms with van der Waals surface area (Å²) in [5, 5.41) is 10.0. The Bertz CT molecular complexity index is 621. The van der Waals surface area contributed by atoms with E-state index in [1.807, 2.05) is 6.92 Å². The van der Waals surface area contributed by atoms with Crippen LogP contribution in [0.4, 0.5) is 0 Å². The van der Waals surface area contributed by atoms with Gasteiger partial charge >= 0.3 is 0 Å². The van der Waals surface area contributed by atoms with Crippen molar-refractivity contribution in [2.75, 3.05) is 0 Å². The lowest BCUT2D eigenvalue weighted by Gasteiger charge is -2.53. The fourth-order valence-corrected chi connectivity index (χ4v) is 3.57. The number of phenols is 1. The number of ketones is 1. The Morgan fingerprint density at radius 3 is 2.71 bits per heavy atom. The molecule has 0 bridgehead atoms. The minimum Gasteiger partial charge on any atom is -0.507 e. The Morgan fingerprint density at radius 1 is 1.33 bits per heavy atom. The smallest absolute Gasteiger partial charge is 0.167 e. The fraction of sp³-hybridized carbons (Fsp3) is 0.500. The maximum absolute atomic E-state index is 12.3. The standard InChI is InChI=1S/C16H18O5/c1-15(2)20-13(8-17)10-7-12(19)14-9(16(10,3)21-15)5-4-6-11(14)18/h4-6,8,10,13,18H,7H2,1-3H3/t10-,13+,16+/m1/s1. The van der Waals surface area contributed by atoms with Crippen LogP contribution in [0.5, 0.6) is 5.75 Å². The normalized spacial score (nSPS) is 34.0. The van der Waals surface area contributed by atoms with Gasteiger partial charge in [0.25, 0.3) is 0 Å². The van der Waals surface area contributed by atoms with Crippen LogP contribution in [0, 0.1) is 5.92 Å². The average molecular weight is 290 g/mol. The van der Waals surface area contributed by atoms with E-state index < -0.39 is 23.4 Å². The highest BCUT2D eigenvalue weighted by molar-refractivity contribution is 6.02. The molecular formula is C16H18O5. The molecule has 1 aromatic rings. The van der Waals surface area contributed by atoms with E-state index in [9.17, 15) is 14.7 Å². The summed E-state index contributed by atoms with van der Waals surface area (Å²) >= 11 is 0. The Balaban J connectivity index is 2.21. The van der Waals surface area contributed by atoms with Gasteiger partial charge in [0, 0.05) is 12.3 Å². The quantitative estimate of drug-likeness (QED) is 0.802. The Labute approximate surface area is 122 Å². The number of hydrogen-bond donors (Lipinski definition) is 1. The van der Waals surface area contributed by atoms with Crippen LogP contribution in [0.1, 0.15) is 43.1 Å². The van der Waals surface area contributed by atoms with E-state index in [2.05, 4.69) is 0 Å². The second-order valence-electron chi connectivity index (χ2n) is 6.26. The highest BCUT2D eigenvalue weighted by atomic mass is 16.7. The van der Waals surface area contributed by atoms with Gasteiger partial charge in [-0.3, -0.25) is 4.79 Å². The fourth-order valence-electron chi connectivity index (χ4n) is 3.57. The molecule has 0 saturated carbocycles. The van der Waals surface area contributed by atoms with Gasteiger partial charge in [0.1, 0.15) is 23.7 Å². The molecule has 3 rings (SSSR count). The molecule has 1 aliphatic carbocycles. The zero-order valence-electron chi connectivity index (χ0n) is 12.3. The molecule has 0 unspecified atom stereocenters. The van der Waals surface area contributed by atoms with Gasteiger partial charge in [-0.2, -0.15) is 0 Å². The van der Waals surface area contributed by atoms with Crippen molar-refractivity contribution in [3.05, 3.63) is 29.3 Å². The molecule has 0 radical (unpaired) electrons. The van der Waals surface area contributed by atoms with E-state index in [1.54, 1.807) is 26.0 Å². The van der Waals surface area contributed by atoms with Crippen molar-refractivity contribution in [2.24, 2.45) is 5.92 Å². The van der Waals surface area contributed by atoms with Gasteiger partial charge < -0.3 is 19.4 Å². The largest absolute Gasteiger partial charge is 0.507 e. The van der Waals surface area contributed by atoms with Gasteiger partial charge in [-0.05, 0) is 32.4 Å². The third-order valence-electron chi connectivity index (χ3n) is 4.38. The second kappa shape index (κ2) is 4.39. The van der Waals surface area contributed by atoms with E-state index in [4.69, 9.17) is 9.47 Å². The van der Waals surface area contributed by atoms with Crippen LogP contribution in [-0.2, 0) is 19.9 Å². The number of rotatable bonds is 1. The maximum Gasteiger partial charge on any atom is 0.167 e. The first-order chi connectivity index (χ1) is 9.78. The van der Waals surface area contributed by atoms with Gasteiger partial charge in [0.15, 0.2) is 11.6 Å². The number of hydrogen-bond acceptors (Lipinski definition) is 5. The van der Waals surface area contributed by atoms with Gasteiger partial charge in [0.05, 0.1) is 5.56 Å². The third-order valence-corrected chi connectivity index (χ3v) is 4.38. The molecule has 0 aromatic heterocycles. The molecule has 1 aromatic carbocycles. The van der Waals surface area contributed by atoms with Crippen molar-refractivity contribution in [3.63, 3.8) is 0 Å². The van der Waals surface area contributed by atoms with Crippen molar-refractivity contribution < 1.29 is 24.2 Å². The van der Waals surface area contributed by atoms with Crippen LogP contribution in [0.3, 0.4) is 0 Å². The molecule has 21 heavy (non-hydrogen) atoms. The van der Waals surface area contributed by atoms with Crippen LogP contribution in [0.15, 0.2) is 18.2 Å². The zero-order valence-corrected chi connectivity index (χ0v) is 12.3. The Kier molecular flexibility index (Phi) is 2.97. The number of aldehydes is 1. The zero-order chi connectivity index (χ0) is 15.4. The van der Waals surface area contributed by atoms with E-state index in [0.717, 1.165) is 6.29 Å². The molecule has 0 spiro atoms. The summed E-state index contributed by atoms with van der Waals surface area (Å²) in [6.07, 6.45) is 0.132. The average Bonchev–Trinajstić information content (AvgIpc) is 2.39. The minimum atomic E-state index is -0.944. The summed E-state index contributed by atoms with van der Waals surface area (Å²) < 4.78 is 11.7. The Hall–Kier alpha value is -1.72. The van der Waals surface area contributed by atoms with Crippen LogP contribution in [-0.4, -0.2) is 29.1 Å². The number of carbonyl (C=O) groups is 2. The topological polar surface area (TPSA) is 72.8 Å². The summed E-state index contributed by atoms with van der Waals surface area (Å²) in [5.74, 6) is -1.58. The number of aromatic hydroxyl groups is 1. The number of benzene rings is 1. The Morgan fingerprint density at radius 2 is 2.05 bits per heavy atom. The van der Waals surface area contributed by atoms with Crippen LogP contribution < -0.4 is 0 Å². The van der Waals surface area contributed by atoms with E-state index in [-0.39, 0.29) is 18.0 Å². The van der Waals surface area contributed by atoms with Crippen LogP contribution in [0.25, 0.3) is 0 Å². The lowest BCUT2D eigenvalue weighted by Crippen LogP contribution is -2.58. The first kappa shape index (κ1) is 14.2. The second-order valence-corrected chi connectivity index (χ2v) is 6.26. The predicted molar refractivity (Wildman–Crippen MR) is 74.0 cm³/mol. The number of ether oxygens (including phenoxy) is 2. The summed E-state index contributed by atoms with van der Waals surface area (Å²) in [5.41, 5.74) is 0.0561. The maximum atomic E-state index is 12.3. The first-order valence-corrected chi connectivity index (χ1v) is 6.97. The van der Waals surface area contributed by atoms with Gasteiger partial charge in [0.2, 0.25) is 0 Å². The van der Waals surface area contributed by atoms with E-state index in [1.165, 1.54) is 6.07 Å². The number of carbonyl (C=O) groups excluding carboxylic acids is 2. The molecule has 1 N–H and O–H groups in total. The molecule has 1 saturated heterocycles. The molecule has 1 aliphatic heterocycles. The summed E-state index contributed by atoms with van der Waals surface area (Å²) in [7, 11) is 0. The predicted octanol–water partition coefficient (Wildman–Crippen LogP) is 2.16. The highest BCUT2D eigenvalue weighted by Gasteiger charge is 2.55. The van der Waals surface area contributed by atoms with Crippen molar-refractivity contribution in [1.82, 2.24) is 0 Å². The molecule has 5 heteroatoms. The van der Waals surface area contributed by atoms with Crippen molar-refractivity contribution in [2.45, 2.75) is 44.7 Å². The van der Waals surface area contributed by atoms with Gasteiger partial charge in [-0.25, -0.2) is 0 Å². The summed E-state index contributed by atoms with van der Waals surface area (Å²) in [6.45, 7) is 5.33. The highest BCUT2D eigenvalue weighted by Crippen LogP contribution is 2.51. The number of phenolic OH excluding ortho intramolecular Hbond substituents is 1. The molecule has 2 aliphatic rings. The molecule has 0 amide bonds. The van der Waals surface area contributed by atoms with Crippen molar-refractivity contribution in [1.29, 1.82) is 0 Å². The molecule has 1 fully saturated rings.